The van der Waals surface area contributed by atoms with E-state index in [1.807, 2.05) is 0 Å². The fraction of sp³-hybridized carbons (Fsp3) is 0.500. The Labute approximate surface area is 93.7 Å². The summed E-state index contributed by atoms with van der Waals surface area (Å²) in [5.41, 5.74) is 1.44. The fourth-order valence-electron chi connectivity index (χ4n) is 1.56. The zero-order chi connectivity index (χ0) is 10.4. The van der Waals surface area contributed by atoms with E-state index in [-0.39, 0.29) is 0 Å². The van der Waals surface area contributed by atoms with E-state index >= 15 is 0 Å². The van der Waals surface area contributed by atoms with E-state index in [4.69, 9.17) is 0 Å². The van der Waals surface area contributed by atoms with Crippen molar-refractivity contribution in [2.45, 2.75) is 26.1 Å². The summed E-state index contributed by atoms with van der Waals surface area (Å²) in [5.74, 6) is 0. The van der Waals surface area contributed by atoms with Crippen LogP contribution in [0.4, 0.5) is 5.69 Å². The molecule has 0 unspecified atom stereocenters. The van der Waals surface area contributed by atoms with Crippen LogP contribution in [0.15, 0.2) is 24.3 Å². The second-order valence-electron chi connectivity index (χ2n) is 3.07. The van der Waals surface area contributed by atoms with Crippen molar-refractivity contribution in [3.8, 4) is 0 Å². The topological polar surface area (TPSA) is 3.24 Å². The summed E-state index contributed by atoms with van der Waals surface area (Å²) in [6, 6.07) is 8.82. The summed E-state index contributed by atoms with van der Waals surface area (Å²) in [4.78, 5) is 2.44. The molecular formula is C12H19NSe. The van der Waals surface area contributed by atoms with Crippen LogP contribution in [-0.2, 0) is 0 Å². The van der Waals surface area contributed by atoms with Gasteiger partial charge in [0.05, 0.1) is 0 Å². The Morgan fingerprint density at radius 1 is 1.07 bits per heavy atom. The molecule has 0 fully saturated rings. The van der Waals surface area contributed by atoms with E-state index < -0.39 is 0 Å². The van der Waals surface area contributed by atoms with Gasteiger partial charge in [-0.3, -0.25) is 0 Å². The molecule has 0 aliphatic rings. The minimum atomic E-state index is 0.638. The Kier molecular flexibility index (Phi) is 5.06. The maximum absolute atomic E-state index is 2.44. The molecule has 0 N–H and O–H groups in total. The third kappa shape index (κ3) is 2.76. The van der Waals surface area contributed by atoms with Crippen LogP contribution in [0.5, 0.6) is 0 Å². The van der Waals surface area contributed by atoms with E-state index in [1.54, 1.807) is 4.46 Å². The molecule has 0 amide bonds. The molecule has 1 aromatic rings. The molecule has 0 aliphatic heterocycles. The normalized spacial score (nSPS) is 10.2. The molecule has 1 rings (SSSR count). The van der Waals surface area contributed by atoms with Gasteiger partial charge in [-0.2, -0.15) is 0 Å². The van der Waals surface area contributed by atoms with Crippen LogP contribution in [0, 0.1) is 0 Å². The van der Waals surface area contributed by atoms with Crippen LogP contribution in [-0.4, -0.2) is 28.0 Å². The molecule has 0 saturated heterocycles. The Hall–Kier alpha value is -0.461. The van der Waals surface area contributed by atoms with Crippen LogP contribution < -0.4 is 9.36 Å². The van der Waals surface area contributed by atoms with E-state index in [0.29, 0.717) is 15.0 Å². The van der Waals surface area contributed by atoms with Crippen LogP contribution in [0.2, 0.25) is 5.32 Å². The van der Waals surface area contributed by atoms with Gasteiger partial charge in [0.15, 0.2) is 0 Å². The molecule has 0 atom stereocenters. The Bertz CT molecular complexity index is 269. The summed E-state index contributed by atoms with van der Waals surface area (Å²) in [7, 11) is 0. The number of para-hydroxylation sites is 1. The number of nitrogens with zero attached hydrogens (tertiary/aromatic N) is 1. The summed E-state index contributed by atoms with van der Waals surface area (Å²) in [5, 5.41) is 1.28. The van der Waals surface area contributed by atoms with Crippen molar-refractivity contribution in [3.05, 3.63) is 24.3 Å². The van der Waals surface area contributed by atoms with Crippen molar-refractivity contribution in [1.29, 1.82) is 0 Å². The summed E-state index contributed by atoms with van der Waals surface area (Å²) < 4.78 is 1.55. The van der Waals surface area contributed by atoms with Gasteiger partial charge in [-0.1, -0.05) is 0 Å². The van der Waals surface area contributed by atoms with Gasteiger partial charge in [-0.05, 0) is 0 Å². The first-order valence-corrected chi connectivity index (χ1v) is 7.37. The molecule has 1 nitrogen and oxygen atoms in total. The molecule has 0 bridgehead atoms. The third-order valence-electron chi connectivity index (χ3n) is 2.27. The van der Waals surface area contributed by atoms with Gasteiger partial charge in [0.1, 0.15) is 0 Å². The average molecular weight is 256 g/mol. The number of hydrogen-bond acceptors (Lipinski definition) is 1. The summed E-state index contributed by atoms with van der Waals surface area (Å²) >= 11 is 0.638. The molecule has 0 aromatic heterocycles. The van der Waals surface area contributed by atoms with E-state index in [1.165, 1.54) is 11.0 Å². The van der Waals surface area contributed by atoms with Gasteiger partial charge in [0.25, 0.3) is 0 Å². The van der Waals surface area contributed by atoms with E-state index in [9.17, 15) is 0 Å². The Morgan fingerprint density at radius 3 is 2.29 bits per heavy atom. The molecule has 0 heterocycles. The van der Waals surface area contributed by atoms with Crippen molar-refractivity contribution in [3.63, 3.8) is 0 Å². The standard InChI is InChI=1S/C12H19NSe/c1-4-13(5-2)11-9-7-8-10-12(11)14-6-3/h7-10H,4-6H2,1-3H3. The van der Waals surface area contributed by atoms with Crippen molar-refractivity contribution in [2.24, 2.45) is 0 Å². The zero-order valence-electron chi connectivity index (χ0n) is 9.29. The van der Waals surface area contributed by atoms with Gasteiger partial charge >= 0.3 is 93.5 Å². The predicted octanol–water partition coefficient (Wildman–Crippen LogP) is 2.30. The van der Waals surface area contributed by atoms with Crippen LogP contribution in [0.3, 0.4) is 0 Å². The average Bonchev–Trinajstić information content (AvgIpc) is 2.23. The second kappa shape index (κ2) is 6.10. The van der Waals surface area contributed by atoms with Crippen molar-refractivity contribution < 1.29 is 0 Å². The number of anilines is 1. The third-order valence-corrected chi connectivity index (χ3v) is 4.25. The predicted molar refractivity (Wildman–Crippen MR) is 65.9 cm³/mol. The second-order valence-corrected chi connectivity index (χ2v) is 5.81. The molecule has 78 valence electrons. The molecule has 0 saturated carbocycles. The van der Waals surface area contributed by atoms with Crippen molar-refractivity contribution in [2.75, 3.05) is 18.0 Å². The van der Waals surface area contributed by atoms with Gasteiger partial charge in [0, 0.05) is 0 Å². The first kappa shape index (κ1) is 11.6. The Balaban J connectivity index is 2.92. The van der Waals surface area contributed by atoms with Crippen LogP contribution in [0.1, 0.15) is 20.8 Å². The van der Waals surface area contributed by atoms with Crippen molar-refractivity contribution in [1.82, 2.24) is 0 Å². The first-order chi connectivity index (χ1) is 6.83. The quantitative estimate of drug-likeness (QED) is 0.731. The molecular weight excluding hydrogens is 237 g/mol. The van der Waals surface area contributed by atoms with Gasteiger partial charge in [0.2, 0.25) is 0 Å². The molecule has 0 aliphatic carbocycles. The molecule has 0 spiro atoms. The molecule has 2 heteroatoms. The van der Waals surface area contributed by atoms with Gasteiger partial charge < -0.3 is 0 Å². The zero-order valence-corrected chi connectivity index (χ0v) is 11.0. The first-order valence-electron chi connectivity index (χ1n) is 5.30. The van der Waals surface area contributed by atoms with Crippen molar-refractivity contribution >= 4 is 25.1 Å². The molecule has 14 heavy (non-hydrogen) atoms. The summed E-state index contributed by atoms with van der Waals surface area (Å²) in [6.45, 7) is 8.91. The van der Waals surface area contributed by atoms with E-state index in [0.717, 1.165) is 13.1 Å². The molecule has 0 radical (unpaired) electrons. The number of benzene rings is 1. The van der Waals surface area contributed by atoms with Gasteiger partial charge in [-0.25, -0.2) is 0 Å². The monoisotopic (exact) mass is 257 g/mol. The maximum atomic E-state index is 2.44. The number of hydrogen-bond donors (Lipinski definition) is 0. The van der Waals surface area contributed by atoms with Crippen LogP contribution >= 0.6 is 0 Å². The molecule has 1 aromatic carbocycles. The van der Waals surface area contributed by atoms with Gasteiger partial charge in [-0.15, -0.1) is 0 Å². The van der Waals surface area contributed by atoms with Crippen LogP contribution in [0.25, 0.3) is 0 Å². The SMILES string of the molecule is CC[Se]c1ccccc1N(CC)CC. The van der Waals surface area contributed by atoms with E-state index in [2.05, 4.69) is 49.9 Å². The number of rotatable bonds is 5. The minimum absolute atomic E-state index is 0.638. The Morgan fingerprint density at radius 2 is 1.71 bits per heavy atom. The summed E-state index contributed by atoms with van der Waals surface area (Å²) in [6.07, 6.45) is 0. The fourth-order valence-corrected chi connectivity index (χ4v) is 3.30.